The highest BCUT2D eigenvalue weighted by Crippen LogP contribution is 2.23. The maximum absolute atomic E-state index is 12.7. The normalized spacial score (nSPS) is 19.0. The number of nitrogens with one attached hydrogen (secondary N) is 1. The van der Waals surface area contributed by atoms with Crippen LogP contribution in [0.25, 0.3) is 11.1 Å². The molecule has 29 heavy (non-hydrogen) atoms. The highest BCUT2D eigenvalue weighted by atomic mass is 32.2. The third-order valence-corrected chi connectivity index (χ3v) is 7.40. The molecular formula is C20H27N3O5S. The summed E-state index contributed by atoms with van der Waals surface area (Å²) in [6, 6.07) is 4.32. The predicted octanol–water partition coefficient (Wildman–Crippen LogP) is 2.22. The summed E-state index contributed by atoms with van der Waals surface area (Å²) in [7, 11) is -3.68. The van der Waals surface area contributed by atoms with Crippen molar-refractivity contribution in [2.45, 2.75) is 68.8 Å². The Hall–Kier alpha value is -2.13. The molecule has 0 spiro atoms. The number of rotatable bonds is 5. The molecule has 1 aliphatic carbocycles. The number of fused-ring (bicyclic) bond motifs is 1. The minimum absolute atomic E-state index is 0.0430. The topological polar surface area (TPSA) is 102 Å². The van der Waals surface area contributed by atoms with Crippen molar-refractivity contribution in [3.8, 4) is 0 Å². The van der Waals surface area contributed by atoms with Crippen molar-refractivity contribution in [3.63, 3.8) is 0 Å². The summed E-state index contributed by atoms with van der Waals surface area (Å²) in [5.74, 6) is -0.766. The molecule has 1 aliphatic heterocycles. The number of hydrogen-bond donors (Lipinski definition) is 1. The maximum atomic E-state index is 12.7. The van der Waals surface area contributed by atoms with Gasteiger partial charge in [0.25, 0.3) is 0 Å². The van der Waals surface area contributed by atoms with Gasteiger partial charge in [-0.1, -0.05) is 25.7 Å². The zero-order valence-electron chi connectivity index (χ0n) is 16.4. The second-order valence-electron chi connectivity index (χ2n) is 7.98. The zero-order valence-corrected chi connectivity index (χ0v) is 17.2. The van der Waals surface area contributed by atoms with Gasteiger partial charge in [-0.15, -0.1) is 0 Å². The fourth-order valence-corrected chi connectivity index (χ4v) is 5.57. The van der Waals surface area contributed by atoms with Crippen molar-refractivity contribution in [3.05, 3.63) is 28.7 Å². The Morgan fingerprint density at radius 1 is 1.07 bits per heavy atom. The molecule has 0 bridgehead atoms. The molecule has 4 rings (SSSR count). The third kappa shape index (κ3) is 4.40. The molecule has 1 saturated heterocycles. The Kier molecular flexibility index (Phi) is 5.78. The number of aromatic nitrogens is 1. The van der Waals surface area contributed by atoms with Crippen molar-refractivity contribution >= 4 is 27.0 Å². The summed E-state index contributed by atoms with van der Waals surface area (Å²) in [5, 5.41) is 0. The van der Waals surface area contributed by atoms with Crippen molar-refractivity contribution in [2.75, 3.05) is 13.1 Å². The molecule has 2 fully saturated rings. The van der Waals surface area contributed by atoms with Crippen molar-refractivity contribution < 1.29 is 17.6 Å². The second-order valence-corrected chi connectivity index (χ2v) is 9.70. The molecule has 1 N–H and O–H groups in total. The second kappa shape index (κ2) is 8.31. The molecule has 2 aliphatic rings. The van der Waals surface area contributed by atoms with Gasteiger partial charge in [-0.05, 0) is 37.8 Å². The first-order valence-electron chi connectivity index (χ1n) is 10.4. The van der Waals surface area contributed by atoms with Crippen molar-refractivity contribution in [1.82, 2.24) is 14.2 Å². The van der Waals surface area contributed by atoms with Gasteiger partial charge in [0.1, 0.15) is 6.54 Å². The van der Waals surface area contributed by atoms with E-state index in [4.69, 9.17) is 4.42 Å². The van der Waals surface area contributed by atoms with E-state index in [1.807, 2.05) is 0 Å². The first-order chi connectivity index (χ1) is 13.9. The first-order valence-corrected chi connectivity index (χ1v) is 11.9. The van der Waals surface area contributed by atoms with E-state index in [2.05, 4.69) is 4.72 Å². The van der Waals surface area contributed by atoms with Gasteiger partial charge < -0.3 is 9.32 Å². The van der Waals surface area contributed by atoms with Crippen LogP contribution < -0.4 is 10.5 Å². The molecule has 158 valence electrons. The molecular weight excluding hydrogens is 394 g/mol. The molecule has 1 aromatic heterocycles. The van der Waals surface area contributed by atoms with Crippen LogP contribution in [-0.2, 0) is 21.4 Å². The van der Waals surface area contributed by atoms with Crippen LogP contribution in [-0.4, -0.2) is 42.9 Å². The number of carbonyl (C=O) groups is 1. The lowest BCUT2D eigenvalue weighted by Crippen LogP contribution is -2.36. The van der Waals surface area contributed by atoms with Crippen LogP contribution >= 0.6 is 0 Å². The number of benzene rings is 1. The Morgan fingerprint density at radius 2 is 1.76 bits per heavy atom. The van der Waals surface area contributed by atoms with Crippen LogP contribution in [0.15, 0.2) is 32.3 Å². The summed E-state index contributed by atoms with van der Waals surface area (Å²) in [6.07, 6.45) is 7.90. The van der Waals surface area contributed by atoms with E-state index >= 15 is 0 Å². The number of likely N-dealkylation sites (tertiary alicyclic amines) is 1. The molecule has 1 saturated carbocycles. The van der Waals surface area contributed by atoms with Crippen LogP contribution in [0.4, 0.5) is 0 Å². The molecule has 0 radical (unpaired) electrons. The van der Waals surface area contributed by atoms with Crippen LogP contribution in [0.5, 0.6) is 0 Å². The maximum Gasteiger partial charge on any atom is 0.420 e. The van der Waals surface area contributed by atoms with E-state index in [1.54, 1.807) is 11.0 Å². The number of hydrogen-bond acceptors (Lipinski definition) is 5. The summed E-state index contributed by atoms with van der Waals surface area (Å²) in [5.41, 5.74) is 0.603. The van der Waals surface area contributed by atoms with Gasteiger partial charge in [0, 0.05) is 25.2 Å². The van der Waals surface area contributed by atoms with E-state index in [9.17, 15) is 18.0 Å². The first kappa shape index (κ1) is 20.2. The molecule has 1 aromatic carbocycles. The van der Waals surface area contributed by atoms with Gasteiger partial charge in [-0.3, -0.25) is 9.36 Å². The smallest absolute Gasteiger partial charge is 0.408 e. The van der Waals surface area contributed by atoms with Crippen LogP contribution in [0.1, 0.15) is 51.4 Å². The summed E-state index contributed by atoms with van der Waals surface area (Å²) >= 11 is 0. The molecule has 2 aromatic rings. The van der Waals surface area contributed by atoms with Crippen molar-refractivity contribution in [2.24, 2.45) is 0 Å². The van der Waals surface area contributed by atoms with E-state index in [1.165, 1.54) is 16.7 Å². The van der Waals surface area contributed by atoms with E-state index in [-0.39, 0.29) is 29.0 Å². The average Bonchev–Trinajstić information content (AvgIpc) is 3.18. The quantitative estimate of drug-likeness (QED) is 0.798. The molecule has 1 amide bonds. The SMILES string of the molecule is O=C(Cn1c(=O)oc2cc(S(=O)(=O)NC3CCCC3)ccc21)N1CCCCCC1. The highest BCUT2D eigenvalue weighted by molar-refractivity contribution is 7.89. The Labute approximate surface area is 169 Å². The van der Waals surface area contributed by atoms with Crippen LogP contribution in [0.3, 0.4) is 0 Å². The van der Waals surface area contributed by atoms with E-state index in [0.717, 1.165) is 51.4 Å². The molecule has 2 heterocycles. The number of carbonyl (C=O) groups excluding carboxylic acids is 1. The molecule has 0 unspecified atom stereocenters. The van der Waals surface area contributed by atoms with Gasteiger partial charge in [0.15, 0.2) is 5.58 Å². The van der Waals surface area contributed by atoms with Crippen LogP contribution in [0.2, 0.25) is 0 Å². The number of oxazole rings is 1. The third-order valence-electron chi connectivity index (χ3n) is 5.88. The van der Waals surface area contributed by atoms with Gasteiger partial charge in [0.05, 0.1) is 10.4 Å². The molecule has 9 heteroatoms. The fraction of sp³-hybridized carbons (Fsp3) is 0.600. The standard InChI is InChI=1S/C20H27N3O5S/c24-19(22-11-5-1-2-6-12-22)14-23-17-10-9-16(13-18(17)28-20(23)25)29(26,27)21-15-7-3-4-8-15/h9-10,13,15,21H,1-8,11-12,14H2. The largest absolute Gasteiger partial charge is 0.420 e. The monoisotopic (exact) mass is 421 g/mol. The van der Waals surface area contributed by atoms with Crippen molar-refractivity contribution in [1.29, 1.82) is 0 Å². The molecule has 8 nitrogen and oxygen atoms in total. The Bertz CT molecular complexity index is 1040. The van der Waals surface area contributed by atoms with Gasteiger partial charge >= 0.3 is 5.76 Å². The lowest BCUT2D eigenvalue weighted by atomic mass is 10.2. The fourth-order valence-electron chi connectivity index (χ4n) is 4.25. The number of sulfonamides is 1. The van der Waals surface area contributed by atoms with Gasteiger partial charge in [-0.25, -0.2) is 17.9 Å². The van der Waals surface area contributed by atoms with E-state index in [0.29, 0.717) is 18.6 Å². The summed E-state index contributed by atoms with van der Waals surface area (Å²) in [6.45, 7) is 1.31. The summed E-state index contributed by atoms with van der Waals surface area (Å²) in [4.78, 5) is 26.8. The Balaban J connectivity index is 1.56. The summed E-state index contributed by atoms with van der Waals surface area (Å²) < 4.78 is 34.6. The average molecular weight is 422 g/mol. The molecule has 0 atom stereocenters. The lowest BCUT2D eigenvalue weighted by Gasteiger charge is -2.20. The zero-order chi connectivity index (χ0) is 20.4. The van der Waals surface area contributed by atoms with Crippen LogP contribution in [0, 0.1) is 0 Å². The Morgan fingerprint density at radius 3 is 2.45 bits per heavy atom. The van der Waals surface area contributed by atoms with Gasteiger partial charge in [0.2, 0.25) is 15.9 Å². The van der Waals surface area contributed by atoms with Gasteiger partial charge in [-0.2, -0.15) is 0 Å². The predicted molar refractivity (Wildman–Crippen MR) is 108 cm³/mol. The highest BCUT2D eigenvalue weighted by Gasteiger charge is 2.25. The minimum Gasteiger partial charge on any atom is -0.408 e. The number of nitrogens with zero attached hydrogens (tertiary/aromatic N) is 2. The lowest BCUT2D eigenvalue weighted by molar-refractivity contribution is -0.131. The number of amides is 1. The van der Waals surface area contributed by atoms with E-state index < -0.39 is 15.8 Å². The minimum atomic E-state index is -3.68.